The van der Waals surface area contributed by atoms with Crippen LogP contribution in [0.2, 0.25) is 10.0 Å². The molecular weight excluding hydrogens is 243 g/mol. The standard InChI is InChI=1S/C12H10Cl2N2/c13-10-2-1-9(7-11(10)14)12(15)8-3-5-16-6-4-8/h1-7,12H,15H2/t12-/m0/s1. The molecule has 0 amide bonds. The van der Waals surface area contributed by atoms with Gasteiger partial charge >= 0.3 is 0 Å². The summed E-state index contributed by atoms with van der Waals surface area (Å²) >= 11 is 11.8. The second-order valence-electron chi connectivity index (χ2n) is 3.43. The highest BCUT2D eigenvalue weighted by Crippen LogP contribution is 2.27. The number of hydrogen-bond acceptors (Lipinski definition) is 2. The van der Waals surface area contributed by atoms with E-state index >= 15 is 0 Å². The third-order valence-corrected chi connectivity index (χ3v) is 3.11. The number of benzene rings is 1. The van der Waals surface area contributed by atoms with Crippen LogP contribution in [0.4, 0.5) is 0 Å². The molecule has 0 aliphatic rings. The SMILES string of the molecule is N[C@@H](c1ccncc1)c1ccc(Cl)c(Cl)c1. The Bertz CT molecular complexity index is 486. The largest absolute Gasteiger partial charge is 0.320 e. The lowest BCUT2D eigenvalue weighted by atomic mass is 10.0. The fraction of sp³-hybridized carbons (Fsp3) is 0.0833. The lowest BCUT2D eigenvalue weighted by Crippen LogP contribution is -2.11. The van der Waals surface area contributed by atoms with Crippen LogP contribution >= 0.6 is 23.2 Å². The second-order valence-corrected chi connectivity index (χ2v) is 4.25. The summed E-state index contributed by atoms with van der Waals surface area (Å²) in [6.45, 7) is 0. The van der Waals surface area contributed by atoms with E-state index < -0.39 is 0 Å². The van der Waals surface area contributed by atoms with Gasteiger partial charge < -0.3 is 5.73 Å². The van der Waals surface area contributed by atoms with Crippen molar-refractivity contribution >= 4 is 23.2 Å². The molecule has 0 aliphatic heterocycles. The molecule has 0 fully saturated rings. The molecule has 1 heterocycles. The Kier molecular flexibility index (Phi) is 3.44. The molecule has 0 radical (unpaired) electrons. The van der Waals surface area contributed by atoms with E-state index in [2.05, 4.69) is 4.98 Å². The summed E-state index contributed by atoms with van der Waals surface area (Å²) < 4.78 is 0. The topological polar surface area (TPSA) is 38.9 Å². The van der Waals surface area contributed by atoms with Gasteiger partial charge in [-0.3, -0.25) is 4.98 Å². The van der Waals surface area contributed by atoms with Crippen LogP contribution in [0, 0.1) is 0 Å². The molecule has 0 saturated carbocycles. The maximum Gasteiger partial charge on any atom is 0.0595 e. The van der Waals surface area contributed by atoms with Crippen LogP contribution in [0.5, 0.6) is 0 Å². The first kappa shape index (κ1) is 11.4. The molecule has 2 rings (SSSR count). The summed E-state index contributed by atoms with van der Waals surface area (Å²) in [7, 11) is 0. The van der Waals surface area contributed by atoms with E-state index in [1.807, 2.05) is 18.2 Å². The van der Waals surface area contributed by atoms with Crippen LogP contribution in [0.1, 0.15) is 17.2 Å². The Balaban J connectivity index is 2.34. The highest BCUT2D eigenvalue weighted by molar-refractivity contribution is 6.42. The fourth-order valence-corrected chi connectivity index (χ4v) is 1.78. The van der Waals surface area contributed by atoms with Gasteiger partial charge in [0.15, 0.2) is 0 Å². The fourth-order valence-electron chi connectivity index (χ4n) is 1.47. The highest BCUT2D eigenvalue weighted by Gasteiger charge is 2.09. The monoisotopic (exact) mass is 252 g/mol. The van der Waals surface area contributed by atoms with Gasteiger partial charge in [0.05, 0.1) is 16.1 Å². The smallest absolute Gasteiger partial charge is 0.0595 e. The van der Waals surface area contributed by atoms with E-state index in [1.165, 1.54) is 0 Å². The Labute approximate surface area is 104 Å². The van der Waals surface area contributed by atoms with Crippen molar-refractivity contribution in [1.29, 1.82) is 0 Å². The van der Waals surface area contributed by atoms with Crippen LogP contribution in [0.15, 0.2) is 42.7 Å². The van der Waals surface area contributed by atoms with Gasteiger partial charge in [-0.15, -0.1) is 0 Å². The van der Waals surface area contributed by atoms with Gasteiger partial charge in [-0.2, -0.15) is 0 Å². The van der Waals surface area contributed by atoms with Gasteiger partial charge in [-0.1, -0.05) is 29.3 Å². The number of nitrogens with two attached hydrogens (primary N) is 1. The van der Waals surface area contributed by atoms with Crippen molar-refractivity contribution in [2.75, 3.05) is 0 Å². The van der Waals surface area contributed by atoms with Crippen LogP contribution in [-0.4, -0.2) is 4.98 Å². The average molecular weight is 253 g/mol. The summed E-state index contributed by atoms with van der Waals surface area (Å²) in [5.74, 6) is 0. The molecule has 82 valence electrons. The number of pyridine rings is 1. The van der Waals surface area contributed by atoms with E-state index in [4.69, 9.17) is 28.9 Å². The van der Waals surface area contributed by atoms with Crippen molar-refractivity contribution < 1.29 is 0 Å². The van der Waals surface area contributed by atoms with Crippen molar-refractivity contribution in [3.8, 4) is 0 Å². The molecular formula is C12H10Cl2N2. The van der Waals surface area contributed by atoms with E-state index in [9.17, 15) is 0 Å². The number of hydrogen-bond donors (Lipinski definition) is 1. The maximum absolute atomic E-state index is 6.11. The summed E-state index contributed by atoms with van der Waals surface area (Å²) in [5, 5.41) is 1.05. The Morgan fingerprint density at radius 2 is 1.62 bits per heavy atom. The van der Waals surface area contributed by atoms with E-state index in [0.717, 1.165) is 11.1 Å². The normalized spacial score (nSPS) is 12.4. The number of rotatable bonds is 2. The molecule has 0 aliphatic carbocycles. The third-order valence-electron chi connectivity index (χ3n) is 2.37. The van der Waals surface area contributed by atoms with E-state index in [0.29, 0.717) is 10.0 Å². The van der Waals surface area contributed by atoms with Gasteiger partial charge in [-0.05, 0) is 35.4 Å². The number of nitrogens with zero attached hydrogens (tertiary/aromatic N) is 1. The molecule has 2 nitrogen and oxygen atoms in total. The first-order chi connectivity index (χ1) is 7.68. The second kappa shape index (κ2) is 4.83. The lowest BCUT2D eigenvalue weighted by molar-refractivity contribution is 0.868. The molecule has 0 saturated heterocycles. The van der Waals surface area contributed by atoms with Crippen molar-refractivity contribution in [2.45, 2.75) is 6.04 Å². The van der Waals surface area contributed by atoms with Crippen molar-refractivity contribution in [2.24, 2.45) is 5.73 Å². The number of aromatic nitrogens is 1. The minimum atomic E-state index is -0.210. The third kappa shape index (κ3) is 2.35. The molecule has 1 atom stereocenters. The first-order valence-corrected chi connectivity index (χ1v) is 5.54. The zero-order valence-corrected chi connectivity index (χ0v) is 9.91. The molecule has 4 heteroatoms. The Morgan fingerprint density at radius 3 is 2.25 bits per heavy atom. The number of halogens is 2. The molecule has 0 bridgehead atoms. The van der Waals surface area contributed by atoms with Crippen LogP contribution in [-0.2, 0) is 0 Å². The maximum atomic E-state index is 6.11. The van der Waals surface area contributed by atoms with E-state index in [1.54, 1.807) is 24.5 Å². The van der Waals surface area contributed by atoms with Gasteiger partial charge in [0.25, 0.3) is 0 Å². The van der Waals surface area contributed by atoms with Gasteiger partial charge in [-0.25, -0.2) is 0 Å². The van der Waals surface area contributed by atoms with Gasteiger partial charge in [0.1, 0.15) is 0 Å². The van der Waals surface area contributed by atoms with Gasteiger partial charge in [0, 0.05) is 12.4 Å². The predicted molar refractivity (Wildman–Crippen MR) is 66.7 cm³/mol. The average Bonchev–Trinajstić information content (AvgIpc) is 2.33. The summed E-state index contributed by atoms with van der Waals surface area (Å²) in [5.41, 5.74) is 8.03. The quantitative estimate of drug-likeness (QED) is 0.890. The van der Waals surface area contributed by atoms with E-state index in [-0.39, 0.29) is 6.04 Å². The minimum Gasteiger partial charge on any atom is -0.320 e. The minimum absolute atomic E-state index is 0.210. The summed E-state index contributed by atoms with van der Waals surface area (Å²) in [6, 6.07) is 8.97. The zero-order chi connectivity index (χ0) is 11.5. The molecule has 1 aromatic carbocycles. The molecule has 16 heavy (non-hydrogen) atoms. The lowest BCUT2D eigenvalue weighted by Gasteiger charge is -2.12. The summed E-state index contributed by atoms with van der Waals surface area (Å²) in [6.07, 6.45) is 3.43. The highest BCUT2D eigenvalue weighted by atomic mass is 35.5. The molecule has 0 unspecified atom stereocenters. The first-order valence-electron chi connectivity index (χ1n) is 4.79. The zero-order valence-electron chi connectivity index (χ0n) is 8.40. The van der Waals surface area contributed by atoms with Crippen LogP contribution in [0.25, 0.3) is 0 Å². The molecule has 0 spiro atoms. The van der Waals surface area contributed by atoms with Gasteiger partial charge in [0.2, 0.25) is 0 Å². The van der Waals surface area contributed by atoms with Crippen molar-refractivity contribution in [1.82, 2.24) is 4.98 Å². The molecule has 2 N–H and O–H groups in total. The van der Waals surface area contributed by atoms with Crippen LogP contribution < -0.4 is 5.73 Å². The van der Waals surface area contributed by atoms with Crippen LogP contribution in [0.3, 0.4) is 0 Å². The Hall–Kier alpha value is -1.09. The predicted octanol–water partition coefficient (Wildman–Crippen LogP) is 3.44. The van der Waals surface area contributed by atoms with Crippen molar-refractivity contribution in [3.05, 3.63) is 63.9 Å². The Morgan fingerprint density at radius 1 is 0.938 bits per heavy atom. The van der Waals surface area contributed by atoms with Crippen molar-refractivity contribution in [3.63, 3.8) is 0 Å². The summed E-state index contributed by atoms with van der Waals surface area (Å²) in [4.78, 5) is 3.95. The molecule has 1 aromatic heterocycles. The molecule has 2 aromatic rings.